The predicted molar refractivity (Wildman–Crippen MR) is 164 cm³/mol. The smallest absolute Gasteiger partial charge is 0.338 e. The van der Waals surface area contributed by atoms with Crippen molar-refractivity contribution in [2.24, 2.45) is 0 Å². The summed E-state index contributed by atoms with van der Waals surface area (Å²) < 4.78 is 16.2. The number of halogens is 2. The van der Waals surface area contributed by atoms with Crippen LogP contribution in [-0.4, -0.2) is 56.2 Å². The number of fused-ring (bicyclic) bond motifs is 2. The number of methoxy groups -OCH3 is 1. The first kappa shape index (κ1) is 31.8. The third kappa shape index (κ3) is 6.75. The maximum Gasteiger partial charge on any atom is 0.338 e. The second-order valence-corrected chi connectivity index (χ2v) is 11.1. The SMILES string of the molecule is CC(=O)[O-].CCN(CC)C1Cc2oc3cc(=[N+](CC)CC)c(Br)cc-3c(-c3ccccc3C(=O)OC)c2C=C1Br. The van der Waals surface area contributed by atoms with Crippen LogP contribution in [0.4, 0.5) is 0 Å². The van der Waals surface area contributed by atoms with E-state index in [0.717, 1.165) is 87.6 Å². The van der Waals surface area contributed by atoms with Crippen LogP contribution in [0.25, 0.3) is 28.5 Å². The molecule has 214 valence electrons. The van der Waals surface area contributed by atoms with E-state index in [4.69, 9.17) is 19.1 Å². The molecule has 1 atom stereocenters. The molecule has 9 heteroatoms. The molecule has 7 nitrogen and oxygen atoms in total. The molecule has 2 aliphatic carbocycles. The fourth-order valence-corrected chi connectivity index (χ4v) is 6.43. The Hall–Kier alpha value is -2.75. The van der Waals surface area contributed by atoms with E-state index in [0.29, 0.717) is 5.56 Å². The number of hydrogen-bond donors (Lipinski definition) is 0. The van der Waals surface area contributed by atoms with Gasteiger partial charge >= 0.3 is 5.97 Å². The highest BCUT2D eigenvalue weighted by molar-refractivity contribution is 9.12. The molecule has 0 bridgehead atoms. The molecule has 0 amide bonds. The summed E-state index contributed by atoms with van der Waals surface area (Å²) in [5, 5.41) is 9.98. The summed E-state index contributed by atoms with van der Waals surface area (Å²) in [6.45, 7) is 13.3. The third-order valence-electron chi connectivity index (χ3n) is 7.06. The Morgan fingerprint density at radius 1 is 1.07 bits per heavy atom. The number of likely N-dealkylation sites (N-methyl/N-ethyl adjacent to an activating group) is 1. The van der Waals surface area contributed by atoms with E-state index in [1.54, 1.807) is 0 Å². The van der Waals surface area contributed by atoms with Crippen molar-refractivity contribution in [3.8, 4) is 22.5 Å². The number of nitrogens with zero attached hydrogens (tertiary/aromatic N) is 2. The second kappa shape index (κ2) is 14.2. The number of rotatable bonds is 7. The minimum absolute atomic E-state index is 0.204. The molecule has 0 N–H and O–H groups in total. The van der Waals surface area contributed by atoms with Gasteiger partial charge in [0.05, 0.1) is 23.2 Å². The van der Waals surface area contributed by atoms with Crippen molar-refractivity contribution in [1.82, 2.24) is 9.48 Å². The summed E-state index contributed by atoms with van der Waals surface area (Å²) in [5.41, 5.74) is 4.30. The van der Waals surface area contributed by atoms with Gasteiger partial charge in [-0.3, -0.25) is 4.90 Å². The highest BCUT2D eigenvalue weighted by atomic mass is 79.9. The molecule has 0 fully saturated rings. The lowest BCUT2D eigenvalue weighted by Crippen LogP contribution is -2.38. The van der Waals surface area contributed by atoms with Crippen LogP contribution in [0, 0.1) is 0 Å². The minimum Gasteiger partial charge on any atom is -0.550 e. The molecule has 1 aliphatic heterocycles. The number of esters is 1. The second-order valence-electron chi connectivity index (χ2n) is 9.29. The van der Waals surface area contributed by atoms with E-state index in [9.17, 15) is 4.79 Å². The third-order valence-corrected chi connectivity index (χ3v) is 8.45. The Morgan fingerprint density at radius 2 is 1.70 bits per heavy atom. The molecule has 0 saturated carbocycles. The normalized spacial score (nSPS) is 14.2. The Kier molecular flexibility index (Phi) is 11.3. The fraction of sp³-hybridized carbons (Fsp3) is 0.387. The topological polar surface area (TPSA) is 85.8 Å². The van der Waals surface area contributed by atoms with Crippen LogP contribution in [0.15, 0.2) is 49.8 Å². The van der Waals surface area contributed by atoms with Gasteiger partial charge < -0.3 is 19.1 Å². The van der Waals surface area contributed by atoms with E-state index in [1.165, 1.54) is 7.11 Å². The molecule has 0 radical (unpaired) electrons. The molecule has 1 aromatic carbocycles. The van der Waals surface area contributed by atoms with Gasteiger partial charge in [0.15, 0.2) is 0 Å². The number of carbonyl (C=O) groups excluding carboxylic acids is 2. The maximum absolute atomic E-state index is 12.8. The standard InChI is InChI=1S/C29H33Br2N2O3.C2H4O2/c1-6-32(7-2)24-16-26-20(14-22(24)30)28(18-12-10-11-13-19(18)29(34)35-5)21-15-23(31)25(17-27(21)36-26)33(8-3)9-4;1-2(3)4/h10-16,25H,6-9,17H2,1-5H3;1H3,(H,3,4)/q+1;/p-1. The van der Waals surface area contributed by atoms with Crippen LogP contribution in [0.3, 0.4) is 0 Å². The molecule has 4 rings (SSSR count). The van der Waals surface area contributed by atoms with E-state index < -0.39 is 5.97 Å². The number of ether oxygens (including phenoxy) is 1. The quantitative estimate of drug-likeness (QED) is 0.254. The molecule has 0 aromatic heterocycles. The number of aliphatic carboxylic acids is 1. The lowest BCUT2D eigenvalue weighted by molar-refractivity contribution is -0.302. The molecule has 1 heterocycles. The number of hydrogen-bond acceptors (Lipinski definition) is 6. The summed E-state index contributed by atoms with van der Waals surface area (Å²) in [6.07, 6.45) is 2.91. The zero-order valence-electron chi connectivity index (χ0n) is 23.8. The van der Waals surface area contributed by atoms with E-state index in [-0.39, 0.29) is 12.0 Å². The average Bonchev–Trinajstić information content (AvgIpc) is 2.93. The van der Waals surface area contributed by atoms with Gasteiger partial charge in [0, 0.05) is 39.6 Å². The molecule has 3 aliphatic rings. The van der Waals surface area contributed by atoms with Gasteiger partial charge in [0.25, 0.3) is 0 Å². The van der Waals surface area contributed by atoms with Crippen LogP contribution in [0.1, 0.15) is 56.3 Å². The van der Waals surface area contributed by atoms with Gasteiger partial charge in [-0.05, 0) is 73.6 Å². The van der Waals surface area contributed by atoms with Crippen LogP contribution in [0.2, 0.25) is 0 Å². The number of carboxylic acid groups (broad SMARTS) is 1. The molecule has 0 spiro atoms. The molecular formula is C31H36Br2N2O5. The summed E-state index contributed by atoms with van der Waals surface area (Å²) >= 11 is 7.69. The zero-order chi connectivity index (χ0) is 29.6. The summed E-state index contributed by atoms with van der Waals surface area (Å²) in [7, 11) is 1.42. The lowest BCUT2D eigenvalue weighted by Gasteiger charge is -2.33. The van der Waals surface area contributed by atoms with Crippen molar-refractivity contribution in [3.63, 3.8) is 0 Å². The van der Waals surface area contributed by atoms with Crippen LogP contribution >= 0.6 is 31.9 Å². The Labute approximate surface area is 252 Å². The van der Waals surface area contributed by atoms with E-state index >= 15 is 0 Å². The van der Waals surface area contributed by atoms with Crippen LogP contribution in [-0.2, 0) is 16.0 Å². The first-order chi connectivity index (χ1) is 19.1. The number of benzene rings is 2. The van der Waals surface area contributed by atoms with Crippen molar-refractivity contribution in [3.05, 3.63) is 67.6 Å². The molecule has 1 aromatic rings. The highest BCUT2D eigenvalue weighted by Gasteiger charge is 2.32. The Morgan fingerprint density at radius 3 is 2.27 bits per heavy atom. The van der Waals surface area contributed by atoms with E-state index in [1.807, 2.05) is 24.3 Å². The van der Waals surface area contributed by atoms with Crippen molar-refractivity contribution in [1.29, 1.82) is 0 Å². The largest absolute Gasteiger partial charge is 0.550 e. The zero-order valence-corrected chi connectivity index (χ0v) is 27.0. The van der Waals surface area contributed by atoms with Crippen LogP contribution in [0.5, 0.6) is 0 Å². The average molecular weight is 676 g/mol. The summed E-state index contributed by atoms with van der Waals surface area (Å²) in [4.78, 5) is 24.1. The van der Waals surface area contributed by atoms with Crippen LogP contribution < -0.4 is 15.0 Å². The van der Waals surface area contributed by atoms with Gasteiger partial charge in [-0.2, -0.15) is 0 Å². The number of carbonyl (C=O) groups is 2. The Bertz CT molecular complexity index is 1450. The fourth-order valence-electron chi connectivity index (χ4n) is 5.16. The van der Waals surface area contributed by atoms with Gasteiger partial charge in [-0.1, -0.05) is 48.0 Å². The van der Waals surface area contributed by atoms with Gasteiger partial charge in [-0.25, -0.2) is 9.37 Å². The Balaban J connectivity index is 0.00000103. The number of carboxylic acids is 1. The maximum atomic E-state index is 12.8. The molecule has 40 heavy (non-hydrogen) atoms. The van der Waals surface area contributed by atoms with Crippen molar-refractivity contribution in [2.45, 2.75) is 47.1 Å². The van der Waals surface area contributed by atoms with Gasteiger partial charge in [0.2, 0.25) is 5.36 Å². The van der Waals surface area contributed by atoms with Gasteiger partial charge in [0.1, 0.15) is 24.6 Å². The molecule has 0 saturated heterocycles. The summed E-state index contributed by atoms with van der Waals surface area (Å²) in [6, 6.07) is 12.1. The highest BCUT2D eigenvalue weighted by Crippen LogP contribution is 2.45. The first-order valence-electron chi connectivity index (χ1n) is 13.4. The van der Waals surface area contributed by atoms with E-state index in [2.05, 4.69) is 87.2 Å². The lowest BCUT2D eigenvalue weighted by atomic mass is 9.86. The minimum atomic E-state index is -1.08. The van der Waals surface area contributed by atoms with Gasteiger partial charge in [-0.15, -0.1) is 0 Å². The first-order valence-corrected chi connectivity index (χ1v) is 15.0. The summed E-state index contributed by atoms with van der Waals surface area (Å²) in [5.74, 6) is 0.287. The predicted octanol–water partition coefficient (Wildman–Crippen LogP) is 5.17. The van der Waals surface area contributed by atoms with Crippen molar-refractivity contribution in [2.75, 3.05) is 33.3 Å². The molecular weight excluding hydrogens is 640 g/mol. The van der Waals surface area contributed by atoms with Crippen molar-refractivity contribution >= 4 is 49.9 Å². The van der Waals surface area contributed by atoms with Crippen molar-refractivity contribution < 1.29 is 23.8 Å². The monoisotopic (exact) mass is 674 g/mol. The molecule has 1 unspecified atom stereocenters.